The van der Waals surface area contributed by atoms with Crippen LogP contribution in [0, 0.1) is 5.82 Å². The van der Waals surface area contributed by atoms with Crippen molar-refractivity contribution in [1.82, 2.24) is 4.90 Å². The summed E-state index contributed by atoms with van der Waals surface area (Å²) in [6, 6.07) is 6.10. The smallest absolute Gasteiger partial charge is 0.325 e. The van der Waals surface area contributed by atoms with Gasteiger partial charge in [0.05, 0.1) is 12.0 Å². The average molecular weight is 311 g/mol. The largest absolute Gasteiger partial charge is 0.468 e. The molecular formula is C13H10FNO3S2. The fourth-order valence-corrected chi connectivity index (χ4v) is 2.81. The molecule has 1 aromatic rings. The van der Waals surface area contributed by atoms with E-state index < -0.39 is 17.7 Å². The number of methoxy groups -OCH3 is 1. The fraction of sp³-hybridized carbons (Fsp3) is 0.154. The van der Waals surface area contributed by atoms with Crippen LogP contribution in [0.15, 0.2) is 29.2 Å². The van der Waals surface area contributed by atoms with E-state index >= 15 is 0 Å². The number of hydrogen-bond donors (Lipinski definition) is 0. The summed E-state index contributed by atoms with van der Waals surface area (Å²) in [5.41, 5.74) is 0.297. The lowest BCUT2D eigenvalue weighted by molar-refractivity contribution is -0.143. The first-order valence-corrected chi connectivity index (χ1v) is 6.82. The monoisotopic (exact) mass is 311 g/mol. The van der Waals surface area contributed by atoms with E-state index in [0.717, 1.165) is 16.7 Å². The lowest BCUT2D eigenvalue weighted by Crippen LogP contribution is -2.33. The van der Waals surface area contributed by atoms with E-state index in [0.29, 0.717) is 5.56 Å². The molecule has 20 heavy (non-hydrogen) atoms. The van der Waals surface area contributed by atoms with Gasteiger partial charge in [-0.25, -0.2) is 4.39 Å². The third kappa shape index (κ3) is 3.05. The first kappa shape index (κ1) is 14.7. The Bertz CT molecular complexity index is 615. The molecule has 1 heterocycles. The Balaban J connectivity index is 2.24. The minimum Gasteiger partial charge on any atom is -0.468 e. The lowest BCUT2D eigenvalue weighted by Gasteiger charge is -2.11. The van der Waals surface area contributed by atoms with Gasteiger partial charge in [0.15, 0.2) is 0 Å². The number of rotatable bonds is 3. The van der Waals surface area contributed by atoms with Gasteiger partial charge in [0.25, 0.3) is 5.91 Å². The molecule has 0 atom stereocenters. The number of halogens is 1. The van der Waals surface area contributed by atoms with Crippen molar-refractivity contribution in [1.29, 1.82) is 0 Å². The van der Waals surface area contributed by atoms with E-state index in [1.165, 1.54) is 19.3 Å². The zero-order chi connectivity index (χ0) is 14.7. The topological polar surface area (TPSA) is 46.6 Å². The molecule has 2 rings (SSSR count). The Kier molecular flexibility index (Phi) is 4.51. The Morgan fingerprint density at radius 2 is 2.20 bits per heavy atom. The molecule has 4 nitrogen and oxygen atoms in total. The first-order chi connectivity index (χ1) is 9.52. The minimum atomic E-state index is -0.562. The van der Waals surface area contributed by atoms with Crippen LogP contribution in [0.1, 0.15) is 5.56 Å². The summed E-state index contributed by atoms with van der Waals surface area (Å²) < 4.78 is 18.3. The number of ether oxygens (including phenoxy) is 1. The number of amides is 1. The molecule has 0 bridgehead atoms. The van der Waals surface area contributed by atoms with E-state index in [9.17, 15) is 14.0 Å². The van der Waals surface area contributed by atoms with Gasteiger partial charge in [0.1, 0.15) is 16.7 Å². The second-order valence-electron chi connectivity index (χ2n) is 3.87. The van der Waals surface area contributed by atoms with Crippen LogP contribution in [-0.2, 0) is 14.3 Å². The standard InChI is InChI=1S/C13H10FNO3S2/c1-18-11(16)7-15-12(17)10(20-13(15)19)6-8-4-2-3-5-9(8)14/h2-6H,7H2,1H3/b10-6+. The summed E-state index contributed by atoms with van der Waals surface area (Å²) in [6.45, 7) is -0.240. The Hall–Kier alpha value is -1.73. The molecule has 0 radical (unpaired) electrons. The predicted molar refractivity (Wildman–Crippen MR) is 78.3 cm³/mol. The molecule has 1 fully saturated rings. The highest BCUT2D eigenvalue weighted by atomic mass is 32.2. The highest BCUT2D eigenvalue weighted by Crippen LogP contribution is 2.32. The third-order valence-electron chi connectivity index (χ3n) is 2.58. The molecule has 1 amide bonds. The van der Waals surface area contributed by atoms with E-state index in [2.05, 4.69) is 4.74 Å². The molecule has 7 heteroatoms. The summed E-state index contributed by atoms with van der Waals surface area (Å²) in [7, 11) is 1.23. The van der Waals surface area contributed by atoms with Gasteiger partial charge in [-0.3, -0.25) is 14.5 Å². The van der Waals surface area contributed by atoms with Gasteiger partial charge in [-0.2, -0.15) is 0 Å². The van der Waals surface area contributed by atoms with E-state index in [-0.39, 0.29) is 15.8 Å². The van der Waals surface area contributed by atoms with Crippen LogP contribution in [0.2, 0.25) is 0 Å². The van der Waals surface area contributed by atoms with Crippen molar-refractivity contribution in [2.24, 2.45) is 0 Å². The number of hydrogen-bond acceptors (Lipinski definition) is 5. The van der Waals surface area contributed by atoms with Crippen LogP contribution in [0.3, 0.4) is 0 Å². The van der Waals surface area contributed by atoms with Gasteiger partial charge in [0, 0.05) is 5.56 Å². The molecule has 1 aromatic carbocycles. The Morgan fingerprint density at radius 3 is 2.85 bits per heavy atom. The first-order valence-electron chi connectivity index (χ1n) is 5.59. The van der Waals surface area contributed by atoms with Crippen LogP contribution in [0.4, 0.5) is 4.39 Å². The maximum absolute atomic E-state index is 13.5. The third-order valence-corrected chi connectivity index (χ3v) is 3.96. The average Bonchev–Trinajstić information content (AvgIpc) is 2.69. The van der Waals surface area contributed by atoms with Gasteiger partial charge in [-0.05, 0) is 12.1 Å². The fourth-order valence-electron chi connectivity index (χ4n) is 1.56. The normalized spacial score (nSPS) is 16.9. The number of nitrogens with zero attached hydrogens (tertiary/aromatic N) is 1. The van der Waals surface area contributed by atoms with Crippen molar-refractivity contribution in [3.05, 3.63) is 40.6 Å². The molecule has 0 aliphatic carbocycles. The molecule has 104 valence electrons. The summed E-state index contributed by atoms with van der Waals surface area (Å²) >= 11 is 6.07. The van der Waals surface area contributed by atoms with Crippen molar-refractivity contribution >= 4 is 46.3 Å². The maximum Gasteiger partial charge on any atom is 0.325 e. The van der Waals surface area contributed by atoms with E-state index in [4.69, 9.17) is 12.2 Å². The van der Waals surface area contributed by atoms with Crippen molar-refractivity contribution in [3.63, 3.8) is 0 Å². The molecule has 1 saturated heterocycles. The van der Waals surface area contributed by atoms with Crippen LogP contribution >= 0.6 is 24.0 Å². The van der Waals surface area contributed by atoms with Crippen molar-refractivity contribution < 1.29 is 18.7 Å². The SMILES string of the molecule is COC(=O)CN1C(=O)/C(=C\c2ccccc2F)SC1=S. The summed E-state index contributed by atoms with van der Waals surface area (Å²) in [5, 5.41) is 0. The van der Waals surface area contributed by atoms with Crippen LogP contribution < -0.4 is 0 Å². The molecule has 0 spiro atoms. The number of benzene rings is 1. The van der Waals surface area contributed by atoms with Gasteiger partial charge in [0.2, 0.25) is 0 Å². The highest BCUT2D eigenvalue weighted by Gasteiger charge is 2.33. The van der Waals surface area contributed by atoms with Crippen LogP contribution in [0.25, 0.3) is 6.08 Å². The number of esters is 1. The number of thioether (sulfide) groups is 1. The van der Waals surface area contributed by atoms with Crippen LogP contribution in [0.5, 0.6) is 0 Å². The van der Waals surface area contributed by atoms with Gasteiger partial charge < -0.3 is 4.74 Å². The van der Waals surface area contributed by atoms with Crippen molar-refractivity contribution in [3.8, 4) is 0 Å². The minimum absolute atomic E-state index is 0.240. The zero-order valence-electron chi connectivity index (χ0n) is 10.5. The summed E-state index contributed by atoms with van der Waals surface area (Å²) in [5.74, 6) is -1.41. The number of thiocarbonyl (C=S) groups is 1. The van der Waals surface area contributed by atoms with Gasteiger partial charge >= 0.3 is 5.97 Å². The van der Waals surface area contributed by atoms with Crippen molar-refractivity contribution in [2.45, 2.75) is 0 Å². The molecule has 1 aliphatic rings. The molecule has 0 aromatic heterocycles. The summed E-state index contributed by atoms with van der Waals surface area (Å²) in [4.78, 5) is 24.7. The zero-order valence-corrected chi connectivity index (χ0v) is 12.1. The number of carbonyl (C=O) groups excluding carboxylic acids is 2. The second-order valence-corrected chi connectivity index (χ2v) is 5.54. The molecule has 0 unspecified atom stereocenters. The quantitative estimate of drug-likeness (QED) is 0.486. The molecule has 0 saturated carbocycles. The molecular weight excluding hydrogens is 301 g/mol. The van der Waals surface area contributed by atoms with E-state index in [1.54, 1.807) is 18.2 Å². The Morgan fingerprint density at radius 1 is 1.50 bits per heavy atom. The van der Waals surface area contributed by atoms with E-state index in [1.807, 2.05) is 0 Å². The second kappa shape index (κ2) is 6.15. The van der Waals surface area contributed by atoms with Crippen LogP contribution in [-0.4, -0.2) is 34.8 Å². The number of carbonyl (C=O) groups is 2. The van der Waals surface area contributed by atoms with Crippen molar-refractivity contribution in [2.75, 3.05) is 13.7 Å². The Labute approximate surface area is 124 Å². The lowest BCUT2D eigenvalue weighted by atomic mass is 10.2. The molecule has 1 aliphatic heterocycles. The summed E-state index contributed by atoms with van der Waals surface area (Å²) in [6.07, 6.45) is 1.42. The van der Waals surface area contributed by atoms with Gasteiger partial charge in [-0.1, -0.05) is 42.2 Å². The van der Waals surface area contributed by atoms with Gasteiger partial charge in [-0.15, -0.1) is 0 Å². The highest BCUT2D eigenvalue weighted by molar-refractivity contribution is 8.26. The maximum atomic E-state index is 13.5. The molecule has 0 N–H and O–H groups in total. The predicted octanol–water partition coefficient (Wildman–Crippen LogP) is 2.20.